The van der Waals surface area contributed by atoms with Gasteiger partial charge in [-0.15, -0.1) is 0 Å². The van der Waals surface area contributed by atoms with Crippen LogP contribution >= 0.6 is 0 Å². The molecule has 0 saturated carbocycles. The van der Waals surface area contributed by atoms with Crippen molar-refractivity contribution < 1.29 is 0 Å². The van der Waals surface area contributed by atoms with E-state index >= 15 is 0 Å². The highest BCUT2D eigenvalue weighted by Gasteiger charge is 2.37. The summed E-state index contributed by atoms with van der Waals surface area (Å²) in [5.74, 6) is 0.906. The predicted octanol–water partition coefficient (Wildman–Crippen LogP) is 14.2. The molecule has 0 amide bonds. The van der Waals surface area contributed by atoms with Gasteiger partial charge in [0.15, 0.2) is 5.82 Å². The van der Waals surface area contributed by atoms with E-state index in [0.29, 0.717) is 5.82 Å². The minimum atomic E-state index is 0.126. The Morgan fingerprint density at radius 3 is 1.69 bits per heavy atom. The van der Waals surface area contributed by atoms with Crippen LogP contribution in [0.2, 0.25) is 0 Å². The lowest BCUT2D eigenvalue weighted by Gasteiger charge is -2.29. The third kappa shape index (κ3) is 6.59. The van der Waals surface area contributed by atoms with E-state index in [4.69, 9.17) is 9.97 Å². The van der Waals surface area contributed by atoms with Crippen LogP contribution in [0.5, 0.6) is 0 Å². The van der Waals surface area contributed by atoms with E-state index in [-0.39, 0.29) is 12.0 Å². The molecule has 2 aliphatic rings. The van der Waals surface area contributed by atoms with Crippen molar-refractivity contribution in [2.75, 3.05) is 4.90 Å². The number of hydrogen-bond acceptors (Lipinski definition) is 5. The first-order chi connectivity index (χ1) is 33.2. The average Bonchev–Trinajstić information content (AvgIpc) is 4.10. The minimum absolute atomic E-state index is 0.126. The fourth-order valence-corrected chi connectivity index (χ4v) is 10.2. The van der Waals surface area contributed by atoms with E-state index in [1.54, 1.807) is 12.4 Å². The van der Waals surface area contributed by atoms with Crippen LogP contribution in [0.25, 0.3) is 89.6 Å². The number of pyridine rings is 2. The fraction of sp³-hybridized carbons (Fsp3) is 0.0333. The monoisotopic (exact) mass is 859 g/mol. The Morgan fingerprint density at radius 2 is 1.00 bits per heavy atom. The highest BCUT2D eigenvalue weighted by molar-refractivity contribution is 6.09. The van der Waals surface area contributed by atoms with Crippen LogP contribution in [0.1, 0.15) is 11.5 Å². The number of rotatable bonds is 8. The molecule has 0 saturated heterocycles. The highest BCUT2D eigenvalue weighted by atomic mass is 15.2. The summed E-state index contributed by atoms with van der Waals surface area (Å²) >= 11 is 0. The lowest BCUT2D eigenvalue weighted by Crippen LogP contribution is -2.28. The third-order valence-electron chi connectivity index (χ3n) is 13.2. The summed E-state index contributed by atoms with van der Waals surface area (Å²) in [5, 5.41) is 2.44. The first-order valence-corrected chi connectivity index (χ1v) is 22.7. The molecule has 0 N–H and O–H groups in total. The zero-order valence-electron chi connectivity index (χ0n) is 36.3. The molecule has 0 spiro atoms. The van der Waals surface area contributed by atoms with E-state index in [2.05, 4.69) is 206 Å². The van der Waals surface area contributed by atoms with Gasteiger partial charge in [0.1, 0.15) is 0 Å². The molecule has 2 atom stereocenters. The standard InChI is InChI=1S/C60H41N7/c1-2-14-41(15-3-1)60-63-52(40-26-28-45(29-27-40)65-54(42-16-12-32-61-38-42)30-31-55(65)43-17-13-33-62-39-43)37-53(64-60)44-34-46(66-56-22-8-4-18-48(56)49-19-5-9-23-57(49)66)36-47(35-44)67-58-24-10-6-20-50(58)51-21-7-11-25-59(51)67/h1-39,48,56H. The number of allylic oxidation sites excluding steroid dienone is 2. The number of nitrogens with zero attached hydrogens (tertiary/aromatic N) is 7. The van der Waals surface area contributed by atoms with Gasteiger partial charge in [0.2, 0.25) is 0 Å². The molecule has 0 fully saturated rings. The van der Waals surface area contributed by atoms with E-state index in [9.17, 15) is 0 Å². The Labute approximate surface area is 388 Å². The van der Waals surface area contributed by atoms with E-state index in [0.717, 1.165) is 78.7 Å². The molecule has 316 valence electrons. The van der Waals surface area contributed by atoms with Gasteiger partial charge >= 0.3 is 0 Å². The van der Waals surface area contributed by atoms with Crippen LogP contribution < -0.4 is 4.90 Å². The molecule has 0 bridgehead atoms. The molecule has 6 heterocycles. The summed E-state index contributed by atoms with van der Waals surface area (Å²) < 4.78 is 4.69. The zero-order valence-corrected chi connectivity index (χ0v) is 36.3. The second kappa shape index (κ2) is 15.9. The van der Waals surface area contributed by atoms with Crippen molar-refractivity contribution in [2.45, 2.75) is 12.0 Å². The van der Waals surface area contributed by atoms with Gasteiger partial charge < -0.3 is 14.0 Å². The van der Waals surface area contributed by atoms with Crippen molar-refractivity contribution in [2.24, 2.45) is 0 Å². The number of anilines is 2. The highest BCUT2D eigenvalue weighted by Crippen LogP contribution is 2.49. The van der Waals surface area contributed by atoms with Crippen LogP contribution in [0.15, 0.2) is 237 Å². The largest absolute Gasteiger partial charge is 0.333 e. The van der Waals surface area contributed by atoms with Crippen molar-refractivity contribution in [3.05, 3.63) is 243 Å². The van der Waals surface area contributed by atoms with Gasteiger partial charge in [-0.2, -0.15) is 0 Å². The molecule has 5 aromatic heterocycles. The van der Waals surface area contributed by atoms with Gasteiger partial charge in [0.05, 0.1) is 39.9 Å². The number of benzene rings is 6. The average molecular weight is 860 g/mol. The van der Waals surface area contributed by atoms with Crippen LogP contribution in [-0.4, -0.2) is 35.1 Å². The van der Waals surface area contributed by atoms with Gasteiger partial charge in [-0.25, -0.2) is 9.97 Å². The van der Waals surface area contributed by atoms with Gasteiger partial charge in [0.25, 0.3) is 0 Å². The molecule has 0 radical (unpaired) electrons. The molecular formula is C60H41N7. The normalized spacial score (nSPS) is 15.0. The zero-order chi connectivity index (χ0) is 44.3. The molecule has 67 heavy (non-hydrogen) atoms. The number of hydrogen-bond donors (Lipinski definition) is 0. The molecule has 1 aliphatic carbocycles. The first kappa shape index (κ1) is 38.5. The van der Waals surface area contributed by atoms with Gasteiger partial charge in [-0.05, 0) is 96.6 Å². The summed E-state index contributed by atoms with van der Waals surface area (Å²) in [6, 6.07) is 66.9. The molecule has 7 nitrogen and oxygen atoms in total. The Morgan fingerprint density at radius 1 is 0.403 bits per heavy atom. The van der Waals surface area contributed by atoms with Crippen molar-refractivity contribution >= 4 is 33.2 Å². The number of aromatic nitrogens is 6. The van der Waals surface area contributed by atoms with Gasteiger partial charge in [-0.1, -0.05) is 121 Å². The lowest BCUT2D eigenvalue weighted by molar-refractivity contribution is 0.744. The molecular weight excluding hydrogens is 819 g/mol. The van der Waals surface area contributed by atoms with Gasteiger partial charge in [0, 0.05) is 92.0 Å². The second-order valence-electron chi connectivity index (χ2n) is 17.1. The lowest BCUT2D eigenvalue weighted by atomic mass is 9.91. The van der Waals surface area contributed by atoms with E-state index < -0.39 is 0 Å². The summed E-state index contributed by atoms with van der Waals surface area (Å²) in [5.41, 5.74) is 16.8. The molecule has 6 aromatic carbocycles. The Bertz CT molecular complexity index is 3590. The number of para-hydroxylation sites is 3. The van der Waals surface area contributed by atoms with Gasteiger partial charge in [-0.3, -0.25) is 9.97 Å². The van der Waals surface area contributed by atoms with E-state index in [1.165, 1.54) is 22.0 Å². The summed E-state index contributed by atoms with van der Waals surface area (Å²) in [6.07, 6.45) is 16.5. The predicted molar refractivity (Wildman–Crippen MR) is 272 cm³/mol. The van der Waals surface area contributed by atoms with Crippen molar-refractivity contribution in [3.8, 4) is 67.8 Å². The van der Waals surface area contributed by atoms with Crippen LogP contribution in [0.4, 0.5) is 11.4 Å². The Kier molecular flexibility index (Phi) is 9.16. The summed E-state index contributed by atoms with van der Waals surface area (Å²) in [4.78, 5) is 22.1. The quantitative estimate of drug-likeness (QED) is 0.152. The third-order valence-corrected chi connectivity index (χ3v) is 13.2. The SMILES string of the molecule is C1=CC2c3ccccc3N(c3cc(-c4cc(-c5ccc(-n6c(-c7cccnc7)ccc6-c6cccnc6)cc5)nc(-c5ccccc5)n4)cc(-n4c5ccccc5c5ccccc54)c3)C2C=C1. The Hall–Kier alpha value is -8.94. The maximum atomic E-state index is 5.41. The van der Waals surface area contributed by atoms with Crippen LogP contribution in [-0.2, 0) is 0 Å². The fourth-order valence-electron chi connectivity index (χ4n) is 10.2. The summed E-state index contributed by atoms with van der Waals surface area (Å²) in [6.45, 7) is 0. The van der Waals surface area contributed by atoms with Crippen molar-refractivity contribution in [3.63, 3.8) is 0 Å². The molecule has 11 aromatic rings. The van der Waals surface area contributed by atoms with Crippen molar-refractivity contribution in [1.82, 2.24) is 29.1 Å². The summed E-state index contributed by atoms with van der Waals surface area (Å²) in [7, 11) is 0. The maximum Gasteiger partial charge on any atom is 0.160 e. The van der Waals surface area contributed by atoms with Crippen LogP contribution in [0, 0.1) is 0 Å². The second-order valence-corrected chi connectivity index (χ2v) is 17.1. The number of fused-ring (bicyclic) bond motifs is 6. The molecule has 2 unspecified atom stereocenters. The molecule has 13 rings (SSSR count). The minimum Gasteiger partial charge on any atom is -0.333 e. The topological polar surface area (TPSA) is 64.7 Å². The Balaban J connectivity index is 1.00. The van der Waals surface area contributed by atoms with Crippen molar-refractivity contribution in [1.29, 1.82) is 0 Å². The molecule has 7 heteroatoms. The maximum absolute atomic E-state index is 5.41. The van der Waals surface area contributed by atoms with Crippen LogP contribution in [0.3, 0.4) is 0 Å². The van der Waals surface area contributed by atoms with E-state index in [1.807, 2.05) is 42.7 Å². The molecule has 1 aliphatic heterocycles. The smallest absolute Gasteiger partial charge is 0.160 e. The first-order valence-electron chi connectivity index (χ1n) is 22.7.